The number of nitrogens with zero attached hydrogens (tertiary/aromatic N) is 2. The first-order valence-electron chi connectivity index (χ1n) is 5.55. The maximum atomic E-state index is 6.00. The van der Waals surface area contributed by atoms with Crippen molar-refractivity contribution in [2.24, 2.45) is 11.7 Å². The summed E-state index contributed by atoms with van der Waals surface area (Å²) in [7, 11) is 0. The smallest absolute Gasteiger partial charge is 0.0573 e. The number of nitrogens with two attached hydrogens (primary N) is 1. The quantitative estimate of drug-likeness (QED) is 0.788. The van der Waals surface area contributed by atoms with Gasteiger partial charge in [-0.05, 0) is 24.5 Å². The van der Waals surface area contributed by atoms with E-state index in [4.69, 9.17) is 5.73 Å². The zero-order valence-corrected chi connectivity index (χ0v) is 9.48. The zero-order chi connectivity index (χ0) is 10.8. The lowest BCUT2D eigenvalue weighted by Crippen LogP contribution is -2.28. The fourth-order valence-electron chi connectivity index (χ4n) is 2.12. The fraction of sp³-hybridized carbons (Fsp3) is 0.583. The van der Waals surface area contributed by atoms with Crippen LogP contribution >= 0.6 is 0 Å². The zero-order valence-electron chi connectivity index (χ0n) is 9.48. The van der Waals surface area contributed by atoms with Gasteiger partial charge >= 0.3 is 0 Å². The van der Waals surface area contributed by atoms with E-state index in [1.165, 1.54) is 11.3 Å². The molecule has 0 aliphatic carbocycles. The van der Waals surface area contributed by atoms with E-state index >= 15 is 0 Å². The molecule has 0 amide bonds. The van der Waals surface area contributed by atoms with Gasteiger partial charge in [-0.25, -0.2) is 0 Å². The summed E-state index contributed by atoms with van der Waals surface area (Å²) in [6.07, 6.45) is 1.86. The summed E-state index contributed by atoms with van der Waals surface area (Å²) in [6, 6.07) is 4.42. The average Bonchev–Trinajstić information content (AvgIpc) is 2.50. The number of hydrogen-bond donors (Lipinski definition) is 1. The Hall–Kier alpha value is -0.930. The van der Waals surface area contributed by atoms with Crippen molar-refractivity contribution >= 4 is 0 Å². The Morgan fingerprint density at radius 3 is 2.93 bits per heavy atom. The molecule has 82 valence electrons. The van der Waals surface area contributed by atoms with Crippen LogP contribution in [0.5, 0.6) is 0 Å². The van der Waals surface area contributed by atoms with Gasteiger partial charge in [0, 0.05) is 31.9 Å². The average molecular weight is 205 g/mol. The Labute approximate surface area is 91.3 Å². The van der Waals surface area contributed by atoms with E-state index in [-0.39, 0.29) is 0 Å². The highest BCUT2D eigenvalue weighted by molar-refractivity contribution is 5.17. The van der Waals surface area contributed by atoms with Crippen molar-refractivity contribution in [3.63, 3.8) is 0 Å². The van der Waals surface area contributed by atoms with Crippen LogP contribution in [0.15, 0.2) is 18.3 Å². The lowest BCUT2D eigenvalue weighted by Gasteiger charge is -2.15. The summed E-state index contributed by atoms with van der Waals surface area (Å²) < 4.78 is 0. The van der Waals surface area contributed by atoms with E-state index in [1.54, 1.807) is 0 Å². The number of pyridine rings is 1. The summed E-state index contributed by atoms with van der Waals surface area (Å²) in [4.78, 5) is 6.80. The van der Waals surface area contributed by atoms with E-state index < -0.39 is 0 Å². The van der Waals surface area contributed by atoms with Crippen molar-refractivity contribution in [3.8, 4) is 0 Å². The van der Waals surface area contributed by atoms with Crippen LogP contribution in [0.25, 0.3) is 0 Å². The molecule has 1 fully saturated rings. The summed E-state index contributed by atoms with van der Waals surface area (Å²) in [5, 5.41) is 0. The Balaban J connectivity index is 2.01. The predicted octanol–water partition coefficient (Wildman–Crippen LogP) is 1.17. The van der Waals surface area contributed by atoms with Crippen LogP contribution in [-0.4, -0.2) is 29.0 Å². The molecule has 1 aliphatic heterocycles. The van der Waals surface area contributed by atoms with Crippen molar-refractivity contribution < 1.29 is 0 Å². The minimum absolute atomic E-state index is 0.328. The minimum Gasteiger partial charge on any atom is -0.326 e. The Morgan fingerprint density at radius 2 is 2.33 bits per heavy atom. The topological polar surface area (TPSA) is 42.2 Å². The molecule has 1 aliphatic rings. The molecular formula is C12H19N3. The first-order chi connectivity index (χ1) is 7.16. The first kappa shape index (κ1) is 10.6. The van der Waals surface area contributed by atoms with Crippen LogP contribution in [0.3, 0.4) is 0 Å². The summed E-state index contributed by atoms with van der Waals surface area (Å²) in [5.74, 6) is 0.606. The molecule has 0 aromatic carbocycles. The van der Waals surface area contributed by atoms with E-state index in [0.717, 1.165) is 19.6 Å². The molecule has 3 nitrogen and oxygen atoms in total. The number of aromatic nitrogens is 1. The van der Waals surface area contributed by atoms with Crippen LogP contribution < -0.4 is 5.73 Å². The maximum Gasteiger partial charge on any atom is 0.0573 e. The van der Waals surface area contributed by atoms with Crippen molar-refractivity contribution in [1.82, 2.24) is 9.88 Å². The van der Waals surface area contributed by atoms with Crippen LogP contribution in [0.4, 0.5) is 0 Å². The van der Waals surface area contributed by atoms with Crippen LogP contribution in [-0.2, 0) is 6.54 Å². The molecule has 15 heavy (non-hydrogen) atoms. The molecular weight excluding hydrogens is 186 g/mol. The van der Waals surface area contributed by atoms with Crippen molar-refractivity contribution in [2.75, 3.05) is 13.1 Å². The molecule has 2 N–H and O–H groups in total. The van der Waals surface area contributed by atoms with Gasteiger partial charge in [-0.1, -0.05) is 13.0 Å². The summed E-state index contributed by atoms with van der Waals surface area (Å²) >= 11 is 0. The molecule has 1 aromatic rings. The Kier molecular flexibility index (Phi) is 3.03. The van der Waals surface area contributed by atoms with Gasteiger partial charge in [0.05, 0.1) is 5.69 Å². The molecule has 1 saturated heterocycles. The Morgan fingerprint density at radius 1 is 1.53 bits per heavy atom. The summed E-state index contributed by atoms with van der Waals surface area (Å²) in [5.41, 5.74) is 8.45. The van der Waals surface area contributed by atoms with E-state index in [1.807, 2.05) is 12.3 Å². The minimum atomic E-state index is 0.328. The largest absolute Gasteiger partial charge is 0.326 e. The Bertz CT molecular complexity index is 327. The molecule has 2 rings (SSSR count). The molecule has 3 heteroatoms. The van der Waals surface area contributed by atoms with Gasteiger partial charge in [-0.2, -0.15) is 0 Å². The second-order valence-electron chi connectivity index (χ2n) is 4.60. The van der Waals surface area contributed by atoms with Crippen LogP contribution in [0, 0.1) is 12.8 Å². The maximum absolute atomic E-state index is 6.00. The molecule has 0 spiro atoms. The van der Waals surface area contributed by atoms with Crippen molar-refractivity contribution in [2.45, 2.75) is 26.4 Å². The third kappa shape index (κ3) is 2.36. The van der Waals surface area contributed by atoms with E-state index in [9.17, 15) is 0 Å². The lowest BCUT2D eigenvalue weighted by atomic mass is 10.1. The highest BCUT2D eigenvalue weighted by atomic mass is 15.2. The van der Waals surface area contributed by atoms with Gasteiger partial charge in [-0.3, -0.25) is 9.88 Å². The highest BCUT2D eigenvalue weighted by Gasteiger charge is 2.26. The van der Waals surface area contributed by atoms with Gasteiger partial charge in [0.2, 0.25) is 0 Å². The second kappa shape index (κ2) is 4.29. The number of aryl methyl sites for hydroxylation is 1. The van der Waals surface area contributed by atoms with Gasteiger partial charge in [0.15, 0.2) is 0 Å². The van der Waals surface area contributed by atoms with Gasteiger partial charge < -0.3 is 5.73 Å². The molecule has 0 bridgehead atoms. The van der Waals surface area contributed by atoms with E-state index in [0.29, 0.717) is 12.0 Å². The third-order valence-corrected chi connectivity index (χ3v) is 3.24. The first-order valence-corrected chi connectivity index (χ1v) is 5.55. The predicted molar refractivity (Wildman–Crippen MR) is 61.4 cm³/mol. The highest BCUT2D eigenvalue weighted by Crippen LogP contribution is 2.17. The summed E-state index contributed by atoms with van der Waals surface area (Å²) in [6.45, 7) is 7.36. The molecule has 0 saturated carbocycles. The molecule has 1 aromatic heterocycles. The van der Waals surface area contributed by atoms with Gasteiger partial charge in [0.1, 0.15) is 0 Å². The fourth-order valence-corrected chi connectivity index (χ4v) is 2.12. The van der Waals surface area contributed by atoms with Crippen LogP contribution in [0.1, 0.15) is 18.2 Å². The molecule has 2 unspecified atom stereocenters. The third-order valence-electron chi connectivity index (χ3n) is 3.24. The molecule has 0 radical (unpaired) electrons. The SMILES string of the molecule is Cc1cccnc1CN1CC(C)C(N)C1. The monoisotopic (exact) mass is 205 g/mol. The standard InChI is InChI=1S/C12H19N3/c1-9-4-3-5-14-12(9)8-15-6-10(2)11(13)7-15/h3-5,10-11H,6-8,13H2,1-2H3. The number of hydrogen-bond acceptors (Lipinski definition) is 3. The molecule has 2 atom stereocenters. The molecule has 2 heterocycles. The van der Waals surface area contributed by atoms with Crippen molar-refractivity contribution in [1.29, 1.82) is 0 Å². The number of likely N-dealkylation sites (tertiary alicyclic amines) is 1. The van der Waals surface area contributed by atoms with Crippen LogP contribution in [0.2, 0.25) is 0 Å². The lowest BCUT2D eigenvalue weighted by molar-refractivity contribution is 0.314. The number of rotatable bonds is 2. The second-order valence-corrected chi connectivity index (χ2v) is 4.60. The van der Waals surface area contributed by atoms with Crippen molar-refractivity contribution in [3.05, 3.63) is 29.6 Å². The van der Waals surface area contributed by atoms with E-state index in [2.05, 4.69) is 29.8 Å². The van der Waals surface area contributed by atoms with Gasteiger partial charge in [-0.15, -0.1) is 0 Å². The van der Waals surface area contributed by atoms with Gasteiger partial charge in [0.25, 0.3) is 0 Å². The normalized spacial score (nSPS) is 27.1.